The number of hydrogen-bond donors (Lipinski definition) is 1. The Kier molecular flexibility index (Phi) is 3.60. The molecule has 5 nitrogen and oxygen atoms in total. The Hall–Kier alpha value is -1.18. The van der Waals surface area contributed by atoms with Crippen LogP contribution in [-0.4, -0.2) is 28.1 Å². The SMILES string of the molecule is CN(Cc1ccc(Cl)s1)C(=O)c1nnc(N)s1. The molecule has 2 N–H and O–H groups in total. The van der Waals surface area contributed by atoms with Crippen molar-refractivity contribution in [2.75, 3.05) is 12.8 Å². The first kappa shape index (κ1) is 12.3. The van der Waals surface area contributed by atoms with E-state index in [-0.39, 0.29) is 5.91 Å². The maximum atomic E-state index is 11.9. The van der Waals surface area contributed by atoms with Gasteiger partial charge < -0.3 is 10.6 Å². The van der Waals surface area contributed by atoms with E-state index in [1.54, 1.807) is 11.9 Å². The monoisotopic (exact) mass is 288 g/mol. The zero-order chi connectivity index (χ0) is 12.4. The van der Waals surface area contributed by atoms with Crippen LogP contribution in [0.5, 0.6) is 0 Å². The number of amides is 1. The first-order valence-corrected chi connectivity index (χ1v) is 6.66. The molecule has 0 saturated heterocycles. The lowest BCUT2D eigenvalue weighted by atomic mass is 10.4. The number of hydrogen-bond acceptors (Lipinski definition) is 6. The average Bonchev–Trinajstić information content (AvgIpc) is 2.87. The van der Waals surface area contributed by atoms with Crippen molar-refractivity contribution < 1.29 is 4.79 Å². The summed E-state index contributed by atoms with van der Waals surface area (Å²) in [5.41, 5.74) is 5.43. The lowest BCUT2D eigenvalue weighted by molar-refractivity contribution is 0.0785. The topological polar surface area (TPSA) is 72.1 Å². The lowest BCUT2D eigenvalue weighted by Gasteiger charge is -2.13. The summed E-state index contributed by atoms with van der Waals surface area (Å²) in [4.78, 5) is 14.5. The van der Waals surface area contributed by atoms with Crippen LogP contribution in [0.2, 0.25) is 4.34 Å². The Balaban J connectivity index is 2.05. The third kappa shape index (κ3) is 2.93. The molecule has 8 heteroatoms. The van der Waals surface area contributed by atoms with Crippen molar-refractivity contribution in [2.24, 2.45) is 0 Å². The number of carbonyl (C=O) groups is 1. The van der Waals surface area contributed by atoms with Gasteiger partial charge in [-0.05, 0) is 12.1 Å². The lowest BCUT2D eigenvalue weighted by Crippen LogP contribution is -2.25. The van der Waals surface area contributed by atoms with Gasteiger partial charge in [0.1, 0.15) is 0 Å². The second kappa shape index (κ2) is 4.99. The fourth-order valence-electron chi connectivity index (χ4n) is 1.23. The molecule has 1 amide bonds. The highest BCUT2D eigenvalue weighted by Gasteiger charge is 2.17. The molecule has 0 spiro atoms. The molecule has 0 unspecified atom stereocenters. The highest BCUT2D eigenvalue weighted by Crippen LogP contribution is 2.23. The number of rotatable bonds is 3. The van der Waals surface area contributed by atoms with Crippen molar-refractivity contribution in [3.05, 3.63) is 26.4 Å². The van der Waals surface area contributed by atoms with Crippen LogP contribution in [0.15, 0.2) is 12.1 Å². The number of thiophene rings is 1. The standard InChI is InChI=1S/C9H9ClN4OS2/c1-14(4-5-2-3-6(10)16-5)8(15)7-12-13-9(11)17-7/h2-3H,4H2,1H3,(H2,11,13). The minimum Gasteiger partial charge on any atom is -0.374 e. The van der Waals surface area contributed by atoms with Gasteiger partial charge in [-0.3, -0.25) is 4.79 Å². The summed E-state index contributed by atoms with van der Waals surface area (Å²) < 4.78 is 0.709. The zero-order valence-electron chi connectivity index (χ0n) is 8.88. The molecule has 0 bridgehead atoms. The molecule has 2 aromatic heterocycles. The Morgan fingerprint density at radius 3 is 2.76 bits per heavy atom. The number of nitrogens with zero attached hydrogens (tertiary/aromatic N) is 3. The molecule has 2 rings (SSSR count). The number of aromatic nitrogens is 2. The highest BCUT2D eigenvalue weighted by atomic mass is 35.5. The van der Waals surface area contributed by atoms with E-state index in [4.69, 9.17) is 17.3 Å². The summed E-state index contributed by atoms with van der Waals surface area (Å²) in [5, 5.41) is 7.92. The second-order valence-corrected chi connectivity index (χ2v) is 6.12. The molecule has 90 valence electrons. The number of nitrogen functional groups attached to an aromatic ring is 1. The minimum atomic E-state index is -0.191. The molecule has 0 fully saturated rings. The normalized spacial score (nSPS) is 10.5. The van der Waals surface area contributed by atoms with E-state index >= 15 is 0 Å². The summed E-state index contributed by atoms with van der Waals surface area (Å²) in [6, 6.07) is 3.70. The smallest absolute Gasteiger partial charge is 0.284 e. The van der Waals surface area contributed by atoms with E-state index in [1.165, 1.54) is 11.3 Å². The first-order valence-electron chi connectivity index (χ1n) is 4.65. The van der Waals surface area contributed by atoms with E-state index < -0.39 is 0 Å². The van der Waals surface area contributed by atoms with Gasteiger partial charge in [-0.15, -0.1) is 21.5 Å². The molecule has 2 aromatic rings. The van der Waals surface area contributed by atoms with Gasteiger partial charge in [-0.2, -0.15) is 0 Å². The van der Waals surface area contributed by atoms with Gasteiger partial charge in [0.15, 0.2) is 0 Å². The number of nitrogens with two attached hydrogens (primary N) is 1. The maximum Gasteiger partial charge on any atom is 0.284 e. The van der Waals surface area contributed by atoms with Crippen molar-refractivity contribution in [3.63, 3.8) is 0 Å². The second-order valence-electron chi connectivity index (χ2n) is 3.31. The van der Waals surface area contributed by atoms with Crippen molar-refractivity contribution in [1.29, 1.82) is 0 Å². The summed E-state index contributed by atoms with van der Waals surface area (Å²) in [6.45, 7) is 0.496. The molecule has 2 heterocycles. The maximum absolute atomic E-state index is 11.9. The van der Waals surface area contributed by atoms with Crippen LogP contribution in [-0.2, 0) is 6.54 Å². The molecule has 0 aromatic carbocycles. The third-order valence-corrected chi connectivity index (χ3v) is 3.95. The fourth-order valence-corrected chi connectivity index (χ4v) is 2.97. The van der Waals surface area contributed by atoms with Crippen LogP contribution in [0.1, 0.15) is 14.7 Å². The van der Waals surface area contributed by atoms with Crippen LogP contribution in [0.25, 0.3) is 0 Å². The molecule has 0 atom stereocenters. The van der Waals surface area contributed by atoms with Crippen molar-refractivity contribution in [3.8, 4) is 0 Å². The number of carbonyl (C=O) groups excluding carboxylic acids is 1. The third-order valence-electron chi connectivity index (χ3n) is 1.99. The van der Waals surface area contributed by atoms with Gasteiger partial charge in [-0.1, -0.05) is 22.9 Å². The van der Waals surface area contributed by atoms with Gasteiger partial charge in [0.2, 0.25) is 10.1 Å². The summed E-state index contributed by atoms with van der Waals surface area (Å²) in [5.74, 6) is -0.191. The van der Waals surface area contributed by atoms with E-state index in [9.17, 15) is 4.79 Å². The predicted octanol–water partition coefficient (Wildman–Crippen LogP) is 2.11. The molecule has 0 saturated carbocycles. The quantitative estimate of drug-likeness (QED) is 0.939. The van der Waals surface area contributed by atoms with Gasteiger partial charge in [0, 0.05) is 11.9 Å². The Morgan fingerprint density at radius 2 is 2.24 bits per heavy atom. The molecule has 17 heavy (non-hydrogen) atoms. The first-order chi connectivity index (χ1) is 8.06. The zero-order valence-corrected chi connectivity index (χ0v) is 11.3. The van der Waals surface area contributed by atoms with Crippen LogP contribution in [0.3, 0.4) is 0 Å². The van der Waals surface area contributed by atoms with Crippen molar-refractivity contribution >= 4 is 45.3 Å². The molecule has 0 aliphatic heterocycles. The Labute approximate surface area is 111 Å². The minimum absolute atomic E-state index is 0.191. The van der Waals surface area contributed by atoms with Gasteiger partial charge in [-0.25, -0.2) is 0 Å². The predicted molar refractivity (Wildman–Crippen MR) is 69.4 cm³/mol. The van der Waals surface area contributed by atoms with Crippen molar-refractivity contribution in [1.82, 2.24) is 15.1 Å². The molecular formula is C9H9ClN4OS2. The van der Waals surface area contributed by atoms with Crippen molar-refractivity contribution in [2.45, 2.75) is 6.54 Å². The Bertz CT molecular complexity index is 539. The van der Waals surface area contributed by atoms with E-state index in [2.05, 4.69) is 10.2 Å². The fraction of sp³-hybridized carbons (Fsp3) is 0.222. The average molecular weight is 289 g/mol. The summed E-state index contributed by atoms with van der Waals surface area (Å²) >= 11 is 8.35. The van der Waals surface area contributed by atoms with Gasteiger partial charge in [0.05, 0.1) is 10.9 Å². The van der Waals surface area contributed by atoms with Crippen LogP contribution in [0, 0.1) is 0 Å². The summed E-state index contributed by atoms with van der Waals surface area (Å²) in [6.07, 6.45) is 0. The van der Waals surface area contributed by atoms with E-state index in [1.807, 2.05) is 12.1 Å². The van der Waals surface area contributed by atoms with Crippen LogP contribution < -0.4 is 5.73 Å². The summed E-state index contributed by atoms with van der Waals surface area (Å²) in [7, 11) is 1.70. The number of anilines is 1. The van der Waals surface area contributed by atoms with E-state index in [0.29, 0.717) is 21.0 Å². The molecular weight excluding hydrogens is 280 g/mol. The molecule has 0 radical (unpaired) electrons. The van der Waals surface area contributed by atoms with Gasteiger partial charge in [0.25, 0.3) is 5.91 Å². The molecule has 0 aliphatic rings. The highest BCUT2D eigenvalue weighted by molar-refractivity contribution is 7.17. The van der Waals surface area contributed by atoms with Crippen LogP contribution >= 0.6 is 34.3 Å². The Morgan fingerprint density at radius 1 is 1.47 bits per heavy atom. The van der Waals surface area contributed by atoms with Gasteiger partial charge >= 0.3 is 0 Å². The number of halogens is 1. The van der Waals surface area contributed by atoms with E-state index in [0.717, 1.165) is 16.2 Å². The largest absolute Gasteiger partial charge is 0.374 e. The molecule has 0 aliphatic carbocycles. The van der Waals surface area contributed by atoms with Crippen LogP contribution in [0.4, 0.5) is 5.13 Å².